The lowest BCUT2D eigenvalue weighted by molar-refractivity contribution is -0.141. The Bertz CT molecular complexity index is 816. The van der Waals surface area contributed by atoms with Gasteiger partial charge in [-0.25, -0.2) is 4.79 Å². The summed E-state index contributed by atoms with van der Waals surface area (Å²) in [5.74, 6) is -1.05. The number of pyridine rings is 1. The lowest BCUT2D eigenvalue weighted by Crippen LogP contribution is -2.11. The van der Waals surface area contributed by atoms with Crippen LogP contribution < -0.4 is 0 Å². The molecule has 0 aliphatic rings. The zero-order chi connectivity index (χ0) is 15.2. The van der Waals surface area contributed by atoms with E-state index in [1.54, 1.807) is 6.07 Å². The van der Waals surface area contributed by atoms with Crippen LogP contribution in [0, 0.1) is 0 Å². The molecule has 0 radical (unpaired) electrons. The molecule has 0 atom stereocenters. The second kappa shape index (κ2) is 4.41. The van der Waals surface area contributed by atoms with Crippen LogP contribution in [0.15, 0.2) is 47.2 Å². The van der Waals surface area contributed by atoms with Crippen molar-refractivity contribution >= 4 is 11.5 Å². The molecule has 3 aromatic rings. The standard InChI is InChI=1S/C14H8F3NO3/c15-14(16,17)12-7-8(11-2-1-5-21-11)6-10-9(13(19)20)3-4-18(10)12/h1-7H,(H,19,20). The third-order valence-electron chi connectivity index (χ3n) is 3.10. The first-order chi connectivity index (χ1) is 9.88. The van der Waals surface area contributed by atoms with E-state index in [4.69, 9.17) is 9.52 Å². The molecule has 3 heterocycles. The molecule has 0 bridgehead atoms. The van der Waals surface area contributed by atoms with Crippen LogP contribution in [0.3, 0.4) is 0 Å². The SMILES string of the molecule is O=C(O)c1ccn2c(C(F)(F)F)cc(-c3ccco3)cc12. The number of carboxylic acid groups (broad SMARTS) is 1. The first kappa shape index (κ1) is 13.3. The van der Waals surface area contributed by atoms with Gasteiger partial charge in [0.2, 0.25) is 0 Å². The number of aromatic carboxylic acids is 1. The molecule has 0 aliphatic heterocycles. The fourth-order valence-electron chi connectivity index (χ4n) is 2.19. The second-order valence-corrected chi connectivity index (χ2v) is 4.39. The van der Waals surface area contributed by atoms with Crippen LogP contribution in [0.4, 0.5) is 13.2 Å². The molecule has 0 aromatic carbocycles. The third-order valence-corrected chi connectivity index (χ3v) is 3.10. The molecule has 0 spiro atoms. The summed E-state index contributed by atoms with van der Waals surface area (Å²) in [6.45, 7) is 0. The van der Waals surface area contributed by atoms with Crippen molar-refractivity contribution in [2.75, 3.05) is 0 Å². The minimum atomic E-state index is -4.62. The first-order valence-electron chi connectivity index (χ1n) is 5.87. The van der Waals surface area contributed by atoms with Gasteiger partial charge in [-0.2, -0.15) is 13.2 Å². The summed E-state index contributed by atoms with van der Waals surface area (Å²) in [6, 6.07) is 6.48. The van der Waals surface area contributed by atoms with Crippen molar-refractivity contribution in [1.29, 1.82) is 0 Å². The van der Waals surface area contributed by atoms with Crippen LogP contribution in [-0.4, -0.2) is 15.5 Å². The molecule has 7 heteroatoms. The van der Waals surface area contributed by atoms with Crippen molar-refractivity contribution in [3.8, 4) is 11.3 Å². The summed E-state index contributed by atoms with van der Waals surface area (Å²) < 4.78 is 45.4. The quantitative estimate of drug-likeness (QED) is 0.779. The van der Waals surface area contributed by atoms with Crippen LogP contribution in [-0.2, 0) is 6.18 Å². The van der Waals surface area contributed by atoms with Gasteiger partial charge in [-0.15, -0.1) is 0 Å². The molecule has 0 saturated carbocycles. The number of alkyl halides is 3. The van der Waals surface area contributed by atoms with Crippen molar-refractivity contribution in [1.82, 2.24) is 4.40 Å². The summed E-state index contributed by atoms with van der Waals surface area (Å²) >= 11 is 0. The van der Waals surface area contributed by atoms with E-state index in [0.717, 1.165) is 22.7 Å². The smallest absolute Gasteiger partial charge is 0.431 e. The van der Waals surface area contributed by atoms with Crippen LogP contribution in [0.5, 0.6) is 0 Å². The molecule has 21 heavy (non-hydrogen) atoms. The molecule has 108 valence electrons. The molecule has 4 nitrogen and oxygen atoms in total. The van der Waals surface area contributed by atoms with E-state index in [2.05, 4.69) is 0 Å². The van der Waals surface area contributed by atoms with E-state index in [1.165, 1.54) is 18.4 Å². The molecular formula is C14H8F3NO3. The van der Waals surface area contributed by atoms with Gasteiger partial charge in [0.1, 0.15) is 11.5 Å². The minimum absolute atomic E-state index is 0.0382. The van der Waals surface area contributed by atoms with Gasteiger partial charge >= 0.3 is 12.1 Å². The van der Waals surface area contributed by atoms with Crippen LogP contribution in [0.1, 0.15) is 16.1 Å². The lowest BCUT2D eigenvalue weighted by atomic mass is 10.1. The average Bonchev–Trinajstić information content (AvgIpc) is 3.05. The molecule has 0 saturated heterocycles. The van der Waals surface area contributed by atoms with Gasteiger partial charge in [0.15, 0.2) is 0 Å². The van der Waals surface area contributed by atoms with Crippen molar-refractivity contribution in [3.05, 3.63) is 54.0 Å². The fraction of sp³-hybridized carbons (Fsp3) is 0.0714. The highest BCUT2D eigenvalue weighted by molar-refractivity contribution is 5.96. The Morgan fingerprint density at radius 3 is 2.57 bits per heavy atom. The third kappa shape index (κ3) is 2.16. The number of hydrogen-bond donors (Lipinski definition) is 1. The maximum atomic E-state index is 13.2. The van der Waals surface area contributed by atoms with Crippen LogP contribution in [0.25, 0.3) is 16.8 Å². The predicted molar refractivity (Wildman–Crippen MR) is 67.1 cm³/mol. The largest absolute Gasteiger partial charge is 0.478 e. The number of hydrogen-bond acceptors (Lipinski definition) is 2. The van der Waals surface area contributed by atoms with Gasteiger partial charge in [-0.05, 0) is 30.3 Å². The molecule has 0 fully saturated rings. The van der Waals surface area contributed by atoms with E-state index in [9.17, 15) is 18.0 Å². The predicted octanol–water partition coefficient (Wildman–Crippen LogP) is 3.92. The summed E-state index contributed by atoms with van der Waals surface area (Å²) in [7, 11) is 0. The number of carbonyl (C=O) groups is 1. The maximum Gasteiger partial charge on any atom is 0.431 e. The number of halogens is 3. The van der Waals surface area contributed by atoms with Gasteiger partial charge in [0.05, 0.1) is 17.3 Å². The Balaban J connectivity index is 2.37. The number of aromatic nitrogens is 1. The summed E-state index contributed by atoms with van der Waals surface area (Å²) in [6.07, 6.45) is -2.19. The lowest BCUT2D eigenvalue weighted by Gasteiger charge is -2.12. The van der Waals surface area contributed by atoms with E-state index >= 15 is 0 Å². The highest BCUT2D eigenvalue weighted by Crippen LogP contribution is 2.34. The Morgan fingerprint density at radius 1 is 1.24 bits per heavy atom. The average molecular weight is 295 g/mol. The van der Waals surface area contributed by atoms with Gasteiger partial charge in [0, 0.05) is 11.8 Å². The van der Waals surface area contributed by atoms with Gasteiger partial charge < -0.3 is 13.9 Å². The number of furan rings is 1. The zero-order valence-electron chi connectivity index (χ0n) is 10.4. The highest BCUT2D eigenvalue weighted by atomic mass is 19.4. The molecule has 0 amide bonds. The van der Waals surface area contributed by atoms with Gasteiger partial charge in [-0.3, -0.25) is 0 Å². The fourth-order valence-corrected chi connectivity index (χ4v) is 2.19. The summed E-state index contributed by atoms with van der Waals surface area (Å²) in [5, 5.41) is 9.07. The Labute approximate surface area is 116 Å². The molecule has 1 N–H and O–H groups in total. The maximum absolute atomic E-state index is 13.2. The van der Waals surface area contributed by atoms with Crippen molar-refractivity contribution in [2.45, 2.75) is 6.18 Å². The molecule has 0 aliphatic carbocycles. The summed E-state index contributed by atoms with van der Waals surface area (Å²) in [4.78, 5) is 11.1. The number of nitrogens with zero attached hydrogens (tertiary/aromatic N) is 1. The molecule has 3 rings (SSSR count). The molecular weight excluding hydrogens is 287 g/mol. The van der Waals surface area contributed by atoms with Crippen LogP contribution in [0.2, 0.25) is 0 Å². The highest BCUT2D eigenvalue weighted by Gasteiger charge is 2.34. The second-order valence-electron chi connectivity index (χ2n) is 4.39. The van der Waals surface area contributed by atoms with Gasteiger partial charge in [-0.1, -0.05) is 0 Å². The zero-order valence-corrected chi connectivity index (χ0v) is 10.4. The minimum Gasteiger partial charge on any atom is -0.478 e. The number of fused-ring (bicyclic) bond motifs is 1. The normalized spacial score (nSPS) is 12.0. The number of carboxylic acids is 1. The van der Waals surface area contributed by atoms with Crippen LogP contribution >= 0.6 is 0 Å². The Kier molecular flexibility index (Phi) is 2.79. The monoisotopic (exact) mass is 295 g/mol. The number of rotatable bonds is 2. The topological polar surface area (TPSA) is 54.8 Å². The first-order valence-corrected chi connectivity index (χ1v) is 5.87. The Hall–Kier alpha value is -2.70. The van der Waals surface area contributed by atoms with E-state index in [1.807, 2.05) is 0 Å². The van der Waals surface area contributed by atoms with E-state index < -0.39 is 17.8 Å². The van der Waals surface area contributed by atoms with E-state index in [0.29, 0.717) is 0 Å². The molecule has 3 aromatic heterocycles. The van der Waals surface area contributed by atoms with Crippen molar-refractivity contribution < 1.29 is 27.5 Å². The van der Waals surface area contributed by atoms with Gasteiger partial charge in [0.25, 0.3) is 0 Å². The van der Waals surface area contributed by atoms with Crippen molar-refractivity contribution in [3.63, 3.8) is 0 Å². The van der Waals surface area contributed by atoms with E-state index in [-0.39, 0.29) is 22.4 Å². The van der Waals surface area contributed by atoms with Crippen molar-refractivity contribution in [2.24, 2.45) is 0 Å². The Morgan fingerprint density at radius 2 is 2.00 bits per heavy atom. The summed E-state index contributed by atoms with van der Waals surface area (Å²) in [5.41, 5.74) is -1.03. The molecule has 0 unspecified atom stereocenters.